The number of cyclic esters (lactones) is 1. The van der Waals surface area contributed by atoms with Crippen LogP contribution in [0, 0.1) is 11.8 Å². The Hall–Kier alpha value is -2.63. The third-order valence-electron chi connectivity index (χ3n) is 3.89. The molecule has 6 heteroatoms. The quantitative estimate of drug-likeness (QED) is 0.864. The average Bonchev–Trinajstić information content (AvgIpc) is 3.17. The van der Waals surface area contributed by atoms with E-state index in [2.05, 4.69) is 10.4 Å². The predicted molar refractivity (Wildman–Crippen MR) is 79.0 cm³/mol. The number of amides is 1. The van der Waals surface area contributed by atoms with Crippen molar-refractivity contribution in [1.82, 2.24) is 15.1 Å². The fourth-order valence-corrected chi connectivity index (χ4v) is 2.42. The van der Waals surface area contributed by atoms with Gasteiger partial charge >= 0.3 is 5.97 Å². The Balaban J connectivity index is 1.58. The highest BCUT2D eigenvalue weighted by Gasteiger charge is 2.37. The molecule has 22 heavy (non-hydrogen) atoms. The molecule has 1 N–H and O–H groups in total. The van der Waals surface area contributed by atoms with E-state index in [1.165, 1.54) is 0 Å². The van der Waals surface area contributed by atoms with E-state index in [0.717, 1.165) is 11.3 Å². The maximum absolute atomic E-state index is 12.1. The van der Waals surface area contributed by atoms with Gasteiger partial charge in [0.1, 0.15) is 6.61 Å². The van der Waals surface area contributed by atoms with Crippen molar-refractivity contribution in [3.05, 3.63) is 48.3 Å². The summed E-state index contributed by atoms with van der Waals surface area (Å²) < 4.78 is 6.67. The van der Waals surface area contributed by atoms with Gasteiger partial charge in [0, 0.05) is 18.9 Å². The third kappa shape index (κ3) is 2.86. The molecular formula is C16H17N3O3. The van der Waals surface area contributed by atoms with Crippen LogP contribution in [0.15, 0.2) is 42.7 Å². The molecule has 0 aliphatic carbocycles. The number of hydrogen-bond donors (Lipinski definition) is 1. The Morgan fingerprint density at radius 2 is 2.18 bits per heavy atom. The van der Waals surface area contributed by atoms with Gasteiger partial charge in [-0.15, -0.1) is 0 Å². The van der Waals surface area contributed by atoms with Gasteiger partial charge < -0.3 is 10.1 Å². The molecule has 0 saturated carbocycles. The van der Waals surface area contributed by atoms with Crippen molar-refractivity contribution in [2.45, 2.75) is 13.5 Å². The predicted octanol–water partition coefficient (Wildman–Crippen LogP) is 1.30. The van der Waals surface area contributed by atoms with Crippen LogP contribution in [0.3, 0.4) is 0 Å². The van der Waals surface area contributed by atoms with E-state index < -0.39 is 5.92 Å². The summed E-state index contributed by atoms with van der Waals surface area (Å²) in [7, 11) is 0. The molecule has 2 aromatic rings. The zero-order valence-electron chi connectivity index (χ0n) is 12.2. The third-order valence-corrected chi connectivity index (χ3v) is 3.89. The standard InChI is InChI=1S/C16H17N3O3/c1-11-14(10-22-16(11)21)15(20)17-9-12-3-5-13(6-4-12)19-8-2-7-18-19/h2-8,11,14H,9-10H2,1H3,(H,17,20). The van der Waals surface area contributed by atoms with Crippen LogP contribution < -0.4 is 5.32 Å². The second kappa shape index (κ2) is 6.01. The number of rotatable bonds is 4. The molecule has 1 aliphatic heterocycles. The number of hydrogen-bond acceptors (Lipinski definition) is 4. The number of nitrogens with one attached hydrogen (secondary N) is 1. The monoisotopic (exact) mass is 299 g/mol. The number of benzene rings is 1. The van der Waals surface area contributed by atoms with E-state index in [0.29, 0.717) is 6.54 Å². The van der Waals surface area contributed by atoms with Crippen LogP contribution in [0.25, 0.3) is 5.69 Å². The summed E-state index contributed by atoms with van der Waals surface area (Å²) in [5.74, 6) is -1.21. The van der Waals surface area contributed by atoms with Crippen molar-refractivity contribution >= 4 is 11.9 Å². The van der Waals surface area contributed by atoms with Gasteiger partial charge in [-0.1, -0.05) is 19.1 Å². The van der Waals surface area contributed by atoms with E-state index in [1.807, 2.05) is 36.5 Å². The summed E-state index contributed by atoms with van der Waals surface area (Å²) in [6.45, 7) is 2.32. The van der Waals surface area contributed by atoms with E-state index >= 15 is 0 Å². The minimum absolute atomic E-state index is 0.144. The molecule has 1 saturated heterocycles. The van der Waals surface area contributed by atoms with Crippen LogP contribution in [-0.4, -0.2) is 28.3 Å². The van der Waals surface area contributed by atoms with Crippen molar-refractivity contribution in [3.8, 4) is 5.69 Å². The molecule has 0 radical (unpaired) electrons. The zero-order chi connectivity index (χ0) is 15.5. The van der Waals surface area contributed by atoms with E-state index in [1.54, 1.807) is 17.8 Å². The zero-order valence-corrected chi connectivity index (χ0v) is 12.2. The van der Waals surface area contributed by atoms with Crippen LogP contribution in [-0.2, 0) is 20.9 Å². The first kappa shape index (κ1) is 14.3. The summed E-state index contributed by atoms with van der Waals surface area (Å²) in [5, 5.41) is 7.01. The Morgan fingerprint density at radius 3 is 2.77 bits per heavy atom. The second-order valence-corrected chi connectivity index (χ2v) is 5.36. The van der Waals surface area contributed by atoms with Crippen LogP contribution in [0.4, 0.5) is 0 Å². The Labute approximate surface area is 128 Å². The van der Waals surface area contributed by atoms with Gasteiger partial charge in [-0.3, -0.25) is 9.59 Å². The van der Waals surface area contributed by atoms with Crippen molar-refractivity contribution in [1.29, 1.82) is 0 Å². The number of esters is 1. The van der Waals surface area contributed by atoms with Gasteiger partial charge in [-0.2, -0.15) is 5.10 Å². The van der Waals surface area contributed by atoms with Crippen molar-refractivity contribution in [2.75, 3.05) is 6.61 Å². The topological polar surface area (TPSA) is 73.2 Å². The molecule has 1 aromatic carbocycles. The van der Waals surface area contributed by atoms with Gasteiger partial charge in [0.05, 0.1) is 17.5 Å². The molecule has 3 rings (SSSR count). The molecule has 2 heterocycles. The van der Waals surface area contributed by atoms with E-state index in [4.69, 9.17) is 4.74 Å². The summed E-state index contributed by atoms with van der Waals surface area (Å²) in [6.07, 6.45) is 3.59. The smallest absolute Gasteiger partial charge is 0.309 e. The van der Waals surface area contributed by atoms with Gasteiger partial charge in [0.2, 0.25) is 5.91 Å². The largest absolute Gasteiger partial charge is 0.465 e. The number of aromatic nitrogens is 2. The Morgan fingerprint density at radius 1 is 1.41 bits per heavy atom. The highest BCUT2D eigenvalue weighted by molar-refractivity contribution is 5.87. The first-order valence-corrected chi connectivity index (χ1v) is 7.18. The molecule has 2 unspecified atom stereocenters. The van der Waals surface area contributed by atoms with Gasteiger partial charge in [0.15, 0.2) is 0 Å². The number of carbonyl (C=O) groups excluding carboxylic acids is 2. The Kier molecular flexibility index (Phi) is 3.91. The van der Waals surface area contributed by atoms with Crippen molar-refractivity contribution in [2.24, 2.45) is 11.8 Å². The molecule has 0 spiro atoms. The second-order valence-electron chi connectivity index (χ2n) is 5.36. The molecule has 1 aliphatic rings. The summed E-state index contributed by atoms with van der Waals surface area (Å²) in [5.41, 5.74) is 1.95. The minimum atomic E-state index is -0.393. The molecule has 1 amide bonds. The van der Waals surface area contributed by atoms with Crippen LogP contribution >= 0.6 is 0 Å². The first-order valence-electron chi connectivity index (χ1n) is 7.18. The fraction of sp³-hybridized carbons (Fsp3) is 0.312. The first-order chi connectivity index (χ1) is 10.6. The van der Waals surface area contributed by atoms with Gasteiger partial charge in [-0.25, -0.2) is 4.68 Å². The number of carbonyl (C=O) groups is 2. The molecule has 2 atom stereocenters. The van der Waals surface area contributed by atoms with Crippen molar-refractivity contribution in [3.63, 3.8) is 0 Å². The van der Waals surface area contributed by atoms with Crippen LogP contribution in [0.1, 0.15) is 12.5 Å². The van der Waals surface area contributed by atoms with Gasteiger partial charge in [-0.05, 0) is 23.8 Å². The van der Waals surface area contributed by atoms with Crippen LogP contribution in [0.5, 0.6) is 0 Å². The summed E-state index contributed by atoms with van der Waals surface area (Å²) in [6, 6.07) is 9.63. The lowest BCUT2D eigenvalue weighted by atomic mass is 9.97. The minimum Gasteiger partial charge on any atom is -0.465 e. The van der Waals surface area contributed by atoms with E-state index in [9.17, 15) is 9.59 Å². The molecule has 1 fully saturated rings. The highest BCUT2D eigenvalue weighted by Crippen LogP contribution is 2.21. The lowest BCUT2D eigenvalue weighted by Crippen LogP contribution is -2.33. The normalized spacial score (nSPS) is 20.7. The molecule has 0 bridgehead atoms. The van der Waals surface area contributed by atoms with Crippen molar-refractivity contribution < 1.29 is 14.3 Å². The molecule has 114 valence electrons. The maximum Gasteiger partial charge on any atom is 0.309 e. The summed E-state index contributed by atoms with van der Waals surface area (Å²) >= 11 is 0. The number of ether oxygens (including phenoxy) is 1. The molecule has 6 nitrogen and oxygen atoms in total. The number of nitrogens with zero attached hydrogens (tertiary/aromatic N) is 2. The molecule has 1 aromatic heterocycles. The lowest BCUT2D eigenvalue weighted by Gasteiger charge is -2.12. The van der Waals surface area contributed by atoms with Crippen LogP contribution in [0.2, 0.25) is 0 Å². The average molecular weight is 299 g/mol. The highest BCUT2D eigenvalue weighted by atomic mass is 16.5. The maximum atomic E-state index is 12.1. The fourth-order valence-electron chi connectivity index (χ4n) is 2.42. The Bertz CT molecular complexity index is 664. The lowest BCUT2D eigenvalue weighted by molar-refractivity contribution is -0.141. The summed E-state index contributed by atoms with van der Waals surface area (Å²) in [4.78, 5) is 23.4. The van der Waals surface area contributed by atoms with E-state index in [-0.39, 0.29) is 24.4 Å². The van der Waals surface area contributed by atoms with Gasteiger partial charge in [0.25, 0.3) is 0 Å². The molecular weight excluding hydrogens is 282 g/mol. The SMILES string of the molecule is CC1C(=O)OCC1C(=O)NCc1ccc(-n2cccn2)cc1.